The molecule has 0 saturated heterocycles. The Balaban J connectivity index is 2.19. The number of hydrogen-bond acceptors (Lipinski definition) is 4. The summed E-state index contributed by atoms with van der Waals surface area (Å²) in [4.78, 5) is 14.1. The number of anilines is 1. The van der Waals surface area contributed by atoms with E-state index in [2.05, 4.69) is 26.1 Å². The Labute approximate surface area is 122 Å². The van der Waals surface area contributed by atoms with Gasteiger partial charge in [0, 0.05) is 10.5 Å². The van der Waals surface area contributed by atoms with Crippen LogP contribution in [0.1, 0.15) is 0 Å². The maximum Gasteiger partial charge on any atom is 0.248 e. The SMILES string of the molecule is Nc1noc(-c2cccc(=O)[nH]2)c1-c1ccc(Br)cc1. The second-order valence-electron chi connectivity index (χ2n) is 4.21. The topological polar surface area (TPSA) is 84.9 Å². The van der Waals surface area contributed by atoms with Gasteiger partial charge in [0.15, 0.2) is 11.6 Å². The first-order chi connectivity index (χ1) is 9.65. The minimum Gasteiger partial charge on any atom is -0.380 e. The second-order valence-corrected chi connectivity index (χ2v) is 5.12. The molecule has 0 aliphatic rings. The zero-order valence-electron chi connectivity index (χ0n) is 10.3. The molecule has 0 spiro atoms. The van der Waals surface area contributed by atoms with Gasteiger partial charge in [0.25, 0.3) is 0 Å². The highest BCUT2D eigenvalue weighted by Crippen LogP contribution is 2.35. The largest absolute Gasteiger partial charge is 0.380 e. The minimum absolute atomic E-state index is 0.209. The van der Waals surface area contributed by atoms with Gasteiger partial charge in [0.1, 0.15) is 0 Å². The molecule has 3 aromatic rings. The molecule has 0 bridgehead atoms. The van der Waals surface area contributed by atoms with E-state index in [1.54, 1.807) is 12.1 Å². The molecule has 2 aromatic heterocycles. The maximum absolute atomic E-state index is 11.4. The average molecular weight is 332 g/mol. The molecule has 2 heterocycles. The van der Waals surface area contributed by atoms with E-state index in [0.717, 1.165) is 10.0 Å². The van der Waals surface area contributed by atoms with Crippen LogP contribution >= 0.6 is 15.9 Å². The lowest BCUT2D eigenvalue weighted by atomic mass is 10.0. The molecule has 0 aliphatic heterocycles. The highest BCUT2D eigenvalue weighted by atomic mass is 79.9. The lowest BCUT2D eigenvalue weighted by Crippen LogP contribution is -2.03. The first kappa shape index (κ1) is 12.7. The van der Waals surface area contributed by atoms with Crippen LogP contribution < -0.4 is 11.3 Å². The third kappa shape index (κ3) is 2.25. The summed E-state index contributed by atoms with van der Waals surface area (Å²) in [6.07, 6.45) is 0. The Morgan fingerprint density at radius 3 is 2.60 bits per heavy atom. The van der Waals surface area contributed by atoms with Gasteiger partial charge < -0.3 is 15.2 Å². The number of nitrogens with one attached hydrogen (secondary N) is 1. The van der Waals surface area contributed by atoms with Gasteiger partial charge in [0.05, 0.1) is 11.3 Å². The fraction of sp³-hybridized carbons (Fsp3) is 0. The summed E-state index contributed by atoms with van der Waals surface area (Å²) in [5, 5.41) is 3.79. The van der Waals surface area contributed by atoms with Gasteiger partial charge in [-0.2, -0.15) is 0 Å². The number of nitrogens with zero attached hydrogens (tertiary/aromatic N) is 1. The van der Waals surface area contributed by atoms with Crippen LogP contribution in [0.4, 0.5) is 5.82 Å². The average Bonchev–Trinajstić information content (AvgIpc) is 2.82. The second kappa shape index (κ2) is 4.97. The normalized spacial score (nSPS) is 10.7. The molecular weight excluding hydrogens is 322 g/mol. The van der Waals surface area contributed by atoms with E-state index in [0.29, 0.717) is 17.0 Å². The molecule has 1 aromatic carbocycles. The number of rotatable bonds is 2. The van der Waals surface area contributed by atoms with Crippen molar-refractivity contribution in [1.82, 2.24) is 10.1 Å². The quantitative estimate of drug-likeness (QED) is 0.755. The van der Waals surface area contributed by atoms with Crippen LogP contribution in [0.25, 0.3) is 22.6 Å². The summed E-state index contributed by atoms with van der Waals surface area (Å²) in [7, 11) is 0. The molecule has 0 amide bonds. The van der Waals surface area contributed by atoms with Crippen molar-refractivity contribution in [1.29, 1.82) is 0 Å². The Morgan fingerprint density at radius 2 is 1.90 bits per heavy atom. The lowest BCUT2D eigenvalue weighted by Gasteiger charge is -2.03. The zero-order chi connectivity index (χ0) is 14.1. The van der Waals surface area contributed by atoms with E-state index in [1.165, 1.54) is 6.07 Å². The predicted octanol–water partition coefficient (Wildman–Crippen LogP) is 3.04. The predicted molar refractivity (Wildman–Crippen MR) is 80.1 cm³/mol. The van der Waals surface area contributed by atoms with Gasteiger partial charge >= 0.3 is 0 Å². The summed E-state index contributed by atoms with van der Waals surface area (Å²) >= 11 is 3.38. The molecule has 3 rings (SSSR count). The molecule has 100 valence electrons. The van der Waals surface area contributed by atoms with Crippen LogP contribution in [-0.4, -0.2) is 10.1 Å². The van der Waals surface area contributed by atoms with Crippen molar-refractivity contribution in [2.75, 3.05) is 5.73 Å². The molecule has 3 N–H and O–H groups in total. The van der Waals surface area contributed by atoms with Crippen LogP contribution in [0, 0.1) is 0 Å². The van der Waals surface area contributed by atoms with Crippen LogP contribution in [0.2, 0.25) is 0 Å². The number of halogens is 1. The smallest absolute Gasteiger partial charge is 0.248 e. The highest BCUT2D eigenvalue weighted by Gasteiger charge is 2.18. The third-order valence-electron chi connectivity index (χ3n) is 2.86. The minimum atomic E-state index is -0.209. The van der Waals surface area contributed by atoms with Crippen molar-refractivity contribution in [2.24, 2.45) is 0 Å². The molecule has 0 unspecified atom stereocenters. The van der Waals surface area contributed by atoms with E-state index < -0.39 is 0 Å². The summed E-state index contributed by atoms with van der Waals surface area (Å²) in [6.45, 7) is 0. The summed E-state index contributed by atoms with van der Waals surface area (Å²) < 4.78 is 6.23. The Bertz CT molecular complexity index is 806. The van der Waals surface area contributed by atoms with Gasteiger partial charge in [-0.25, -0.2) is 0 Å². The summed E-state index contributed by atoms with van der Waals surface area (Å²) in [5.41, 5.74) is 7.74. The van der Waals surface area contributed by atoms with E-state index in [9.17, 15) is 4.79 Å². The van der Waals surface area contributed by atoms with Crippen molar-refractivity contribution in [2.45, 2.75) is 0 Å². The molecule has 0 fully saturated rings. The molecule has 5 nitrogen and oxygen atoms in total. The molecule has 20 heavy (non-hydrogen) atoms. The first-order valence-electron chi connectivity index (χ1n) is 5.86. The van der Waals surface area contributed by atoms with E-state index in [4.69, 9.17) is 10.3 Å². The zero-order valence-corrected chi connectivity index (χ0v) is 11.8. The monoisotopic (exact) mass is 331 g/mol. The Hall–Kier alpha value is -2.34. The number of benzene rings is 1. The summed E-state index contributed by atoms with van der Waals surface area (Å²) in [5.74, 6) is 0.731. The van der Waals surface area contributed by atoms with Crippen molar-refractivity contribution in [3.63, 3.8) is 0 Å². The Kier molecular flexibility index (Phi) is 3.15. The molecule has 6 heteroatoms. The van der Waals surface area contributed by atoms with Crippen LogP contribution in [0.3, 0.4) is 0 Å². The van der Waals surface area contributed by atoms with Crippen LogP contribution in [0.15, 0.2) is 56.3 Å². The van der Waals surface area contributed by atoms with Crippen LogP contribution in [-0.2, 0) is 0 Å². The van der Waals surface area contributed by atoms with Crippen molar-refractivity contribution in [3.8, 4) is 22.6 Å². The molecule has 0 radical (unpaired) electrons. The third-order valence-corrected chi connectivity index (χ3v) is 3.39. The fourth-order valence-electron chi connectivity index (χ4n) is 1.96. The molecular formula is C14H10BrN3O2. The van der Waals surface area contributed by atoms with Crippen molar-refractivity contribution in [3.05, 3.63) is 57.3 Å². The van der Waals surface area contributed by atoms with Gasteiger partial charge in [-0.3, -0.25) is 4.79 Å². The number of aromatic nitrogens is 2. The van der Waals surface area contributed by atoms with Gasteiger partial charge in [-0.1, -0.05) is 39.3 Å². The molecule has 0 aliphatic carbocycles. The molecule has 0 atom stereocenters. The van der Waals surface area contributed by atoms with Gasteiger partial charge in [0.2, 0.25) is 5.56 Å². The number of H-pyrrole nitrogens is 1. The number of nitrogens with two attached hydrogens (primary N) is 1. The van der Waals surface area contributed by atoms with Crippen molar-refractivity contribution >= 4 is 21.7 Å². The van der Waals surface area contributed by atoms with Gasteiger partial charge in [-0.05, 0) is 23.8 Å². The van der Waals surface area contributed by atoms with Crippen molar-refractivity contribution < 1.29 is 4.52 Å². The summed E-state index contributed by atoms with van der Waals surface area (Å²) in [6, 6.07) is 12.4. The number of pyridine rings is 1. The van der Waals surface area contributed by atoms with Crippen LogP contribution in [0.5, 0.6) is 0 Å². The first-order valence-corrected chi connectivity index (χ1v) is 6.65. The lowest BCUT2D eigenvalue weighted by molar-refractivity contribution is 0.434. The number of hydrogen-bond donors (Lipinski definition) is 2. The van der Waals surface area contributed by atoms with Gasteiger partial charge in [-0.15, -0.1) is 0 Å². The maximum atomic E-state index is 11.4. The highest BCUT2D eigenvalue weighted by molar-refractivity contribution is 9.10. The number of aromatic amines is 1. The van der Waals surface area contributed by atoms with E-state index >= 15 is 0 Å². The number of nitrogen functional groups attached to an aromatic ring is 1. The standard InChI is InChI=1S/C14H10BrN3O2/c15-9-6-4-8(5-7-9)12-13(20-18-14(12)16)10-2-1-3-11(19)17-10/h1-7H,(H2,16,18)(H,17,19). The van der Waals surface area contributed by atoms with E-state index in [1.807, 2.05) is 24.3 Å². The van der Waals surface area contributed by atoms with E-state index in [-0.39, 0.29) is 11.4 Å². The fourth-order valence-corrected chi connectivity index (χ4v) is 2.23. The molecule has 0 saturated carbocycles. The Morgan fingerprint density at radius 1 is 1.15 bits per heavy atom.